The van der Waals surface area contributed by atoms with E-state index in [4.69, 9.17) is 0 Å². The summed E-state index contributed by atoms with van der Waals surface area (Å²) >= 11 is 0. The number of unbranched alkanes of at least 4 members (excludes halogenated alkanes) is 1. The molecule has 0 amide bonds. The number of rotatable bonds is 4. The van der Waals surface area contributed by atoms with Gasteiger partial charge in [-0.2, -0.15) is 0 Å². The van der Waals surface area contributed by atoms with Crippen LogP contribution in [0.4, 0.5) is 0 Å². The molecule has 50 valence electrons. The Kier molecular flexibility index (Phi) is 5.43. The topological polar surface area (TPSA) is 3.24 Å². The molecular formula is C6H17NSi. The Labute approximate surface area is 55.0 Å². The van der Waals surface area contributed by atoms with Gasteiger partial charge in [0.2, 0.25) is 0 Å². The first-order valence-corrected chi connectivity index (χ1v) is 5.05. The SMILES string of the molecule is CCCC[SiH2]N(C)C. The molecular weight excluding hydrogens is 114 g/mol. The van der Waals surface area contributed by atoms with E-state index >= 15 is 0 Å². The fraction of sp³-hybridized carbons (Fsp3) is 1.00. The van der Waals surface area contributed by atoms with Crippen molar-refractivity contribution in [2.75, 3.05) is 14.1 Å². The summed E-state index contributed by atoms with van der Waals surface area (Å²) in [7, 11) is 4.53. The van der Waals surface area contributed by atoms with Gasteiger partial charge in [0.1, 0.15) is 0 Å². The normalized spacial score (nSPS) is 12.0. The van der Waals surface area contributed by atoms with Crippen molar-refractivity contribution >= 4 is 9.68 Å². The van der Waals surface area contributed by atoms with Crippen LogP contribution in [0.15, 0.2) is 0 Å². The summed E-state index contributed by atoms with van der Waals surface area (Å²) in [6.07, 6.45) is 2.80. The summed E-state index contributed by atoms with van der Waals surface area (Å²) in [4.78, 5) is 0. The molecule has 2 heteroatoms. The summed E-state index contributed by atoms with van der Waals surface area (Å²) in [5.41, 5.74) is 0. The fourth-order valence-corrected chi connectivity index (χ4v) is 2.03. The van der Waals surface area contributed by atoms with Crippen molar-refractivity contribution < 1.29 is 0 Å². The molecule has 0 unspecified atom stereocenters. The smallest absolute Gasteiger partial charge is 0.0943 e. The van der Waals surface area contributed by atoms with Crippen LogP contribution < -0.4 is 0 Å². The summed E-state index contributed by atoms with van der Waals surface area (Å²) in [6.45, 7) is 2.25. The first kappa shape index (κ1) is 8.18. The average Bonchev–Trinajstić information content (AvgIpc) is 1.66. The molecule has 0 spiro atoms. The maximum Gasteiger partial charge on any atom is 0.0943 e. The van der Waals surface area contributed by atoms with Crippen molar-refractivity contribution in [3.63, 3.8) is 0 Å². The zero-order valence-corrected chi connectivity index (χ0v) is 7.69. The van der Waals surface area contributed by atoms with Crippen LogP contribution in [0.5, 0.6) is 0 Å². The van der Waals surface area contributed by atoms with Gasteiger partial charge in [-0.25, -0.2) is 0 Å². The lowest BCUT2D eigenvalue weighted by Gasteiger charge is -2.05. The monoisotopic (exact) mass is 131 g/mol. The first-order valence-electron chi connectivity index (χ1n) is 3.42. The van der Waals surface area contributed by atoms with Crippen LogP contribution in [-0.2, 0) is 0 Å². The maximum atomic E-state index is 2.37. The minimum absolute atomic E-state index is 0.168. The van der Waals surface area contributed by atoms with Crippen molar-refractivity contribution in [3.8, 4) is 0 Å². The molecule has 0 heterocycles. The number of hydrogen-bond donors (Lipinski definition) is 0. The largest absolute Gasteiger partial charge is 0.334 e. The van der Waals surface area contributed by atoms with Crippen LogP contribution in [0.2, 0.25) is 6.04 Å². The highest BCUT2D eigenvalue weighted by Crippen LogP contribution is 1.92. The highest BCUT2D eigenvalue weighted by Gasteiger charge is 1.88. The zero-order chi connectivity index (χ0) is 6.41. The molecule has 0 aliphatic heterocycles. The molecule has 0 radical (unpaired) electrons. The van der Waals surface area contributed by atoms with Gasteiger partial charge >= 0.3 is 0 Å². The van der Waals surface area contributed by atoms with Crippen molar-refractivity contribution in [1.82, 2.24) is 4.57 Å². The van der Waals surface area contributed by atoms with E-state index in [1.165, 1.54) is 18.9 Å². The van der Waals surface area contributed by atoms with Gasteiger partial charge < -0.3 is 4.57 Å². The lowest BCUT2D eigenvalue weighted by molar-refractivity contribution is 0.651. The zero-order valence-electron chi connectivity index (χ0n) is 6.28. The molecule has 0 aromatic rings. The third-order valence-corrected chi connectivity index (χ3v) is 2.92. The van der Waals surface area contributed by atoms with Gasteiger partial charge in [0.25, 0.3) is 0 Å². The van der Waals surface area contributed by atoms with E-state index in [9.17, 15) is 0 Å². The van der Waals surface area contributed by atoms with Gasteiger partial charge in [-0.05, 0) is 20.1 Å². The fourth-order valence-electron chi connectivity index (χ4n) is 0.678. The summed E-state index contributed by atoms with van der Waals surface area (Å²) in [5.74, 6) is 0. The van der Waals surface area contributed by atoms with E-state index in [-0.39, 0.29) is 9.68 Å². The predicted octanol–water partition coefficient (Wildman–Crippen LogP) is 0.850. The van der Waals surface area contributed by atoms with Gasteiger partial charge in [0, 0.05) is 0 Å². The highest BCUT2D eigenvalue weighted by molar-refractivity contribution is 6.31. The van der Waals surface area contributed by atoms with Gasteiger partial charge in [-0.3, -0.25) is 0 Å². The number of nitrogens with zero attached hydrogens (tertiary/aromatic N) is 1. The van der Waals surface area contributed by atoms with Crippen molar-refractivity contribution in [1.29, 1.82) is 0 Å². The van der Waals surface area contributed by atoms with Gasteiger partial charge in [-0.15, -0.1) is 0 Å². The third-order valence-electron chi connectivity index (χ3n) is 1.21. The molecule has 8 heavy (non-hydrogen) atoms. The minimum atomic E-state index is 0.168. The van der Waals surface area contributed by atoms with E-state index in [2.05, 4.69) is 25.6 Å². The van der Waals surface area contributed by atoms with Crippen LogP contribution in [0, 0.1) is 0 Å². The lowest BCUT2D eigenvalue weighted by atomic mass is 10.4. The quantitative estimate of drug-likeness (QED) is 0.404. The molecule has 0 aromatic heterocycles. The van der Waals surface area contributed by atoms with Crippen LogP contribution in [-0.4, -0.2) is 28.3 Å². The predicted molar refractivity (Wildman–Crippen MR) is 41.9 cm³/mol. The van der Waals surface area contributed by atoms with Crippen molar-refractivity contribution in [3.05, 3.63) is 0 Å². The Morgan fingerprint density at radius 1 is 1.38 bits per heavy atom. The van der Waals surface area contributed by atoms with Crippen LogP contribution >= 0.6 is 0 Å². The molecule has 0 fully saturated rings. The number of hydrogen-bond acceptors (Lipinski definition) is 1. The second kappa shape index (κ2) is 5.32. The van der Waals surface area contributed by atoms with E-state index in [1.54, 1.807) is 0 Å². The Morgan fingerprint density at radius 2 is 2.00 bits per heavy atom. The first-order chi connectivity index (χ1) is 3.77. The summed E-state index contributed by atoms with van der Waals surface area (Å²) < 4.78 is 2.37. The molecule has 0 saturated heterocycles. The third kappa shape index (κ3) is 6.18. The maximum absolute atomic E-state index is 2.37. The summed E-state index contributed by atoms with van der Waals surface area (Å²) in [6, 6.07) is 1.49. The van der Waals surface area contributed by atoms with Crippen molar-refractivity contribution in [2.24, 2.45) is 0 Å². The van der Waals surface area contributed by atoms with Gasteiger partial charge in [0.05, 0.1) is 9.68 Å². The molecule has 0 saturated carbocycles. The molecule has 0 rings (SSSR count). The van der Waals surface area contributed by atoms with Crippen LogP contribution in [0.1, 0.15) is 19.8 Å². The van der Waals surface area contributed by atoms with E-state index < -0.39 is 0 Å². The molecule has 0 bridgehead atoms. The molecule has 0 aliphatic carbocycles. The standard InChI is InChI=1S/C6H17NSi/c1-4-5-6-8-7(2)3/h4-6,8H2,1-3H3. The Balaban J connectivity index is 2.72. The molecule has 0 aromatic carbocycles. The lowest BCUT2D eigenvalue weighted by Crippen LogP contribution is -2.16. The Morgan fingerprint density at radius 3 is 2.38 bits per heavy atom. The Bertz CT molecular complexity index is 45.8. The molecule has 1 nitrogen and oxygen atoms in total. The highest BCUT2D eigenvalue weighted by atomic mass is 28.2. The van der Waals surface area contributed by atoms with Gasteiger partial charge in [0.15, 0.2) is 0 Å². The second-order valence-electron chi connectivity index (χ2n) is 2.51. The summed E-state index contributed by atoms with van der Waals surface area (Å²) in [5, 5.41) is 0. The molecule has 0 N–H and O–H groups in total. The molecule has 0 atom stereocenters. The van der Waals surface area contributed by atoms with E-state index in [0.717, 1.165) is 0 Å². The van der Waals surface area contributed by atoms with Crippen LogP contribution in [0.3, 0.4) is 0 Å². The van der Waals surface area contributed by atoms with E-state index in [0.29, 0.717) is 0 Å². The van der Waals surface area contributed by atoms with E-state index in [1.807, 2.05) is 0 Å². The second-order valence-corrected chi connectivity index (χ2v) is 4.93. The molecule has 0 aliphatic rings. The minimum Gasteiger partial charge on any atom is -0.334 e. The van der Waals surface area contributed by atoms with Crippen LogP contribution in [0.25, 0.3) is 0 Å². The Hall–Kier alpha value is 0.177. The average molecular weight is 131 g/mol. The van der Waals surface area contributed by atoms with Gasteiger partial charge in [-0.1, -0.05) is 19.8 Å². The van der Waals surface area contributed by atoms with Crippen molar-refractivity contribution in [2.45, 2.75) is 25.8 Å².